The van der Waals surface area contributed by atoms with Gasteiger partial charge in [-0.05, 0) is 19.4 Å². The Labute approximate surface area is 117 Å². The van der Waals surface area contributed by atoms with Gasteiger partial charge in [0.1, 0.15) is 5.15 Å². The molecule has 0 saturated heterocycles. The van der Waals surface area contributed by atoms with Gasteiger partial charge in [-0.25, -0.2) is 0 Å². The maximum absolute atomic E-state index is 9.89. The molecule has 98 valence electrons. The summed E-state index contributed by atoms with van der Waals surface area (Å²) >= 11 is 12.7. The Morgan fingerprint density at radius 3 is 2.67 bits per heavy atom. The highest BCUT2D eigenvalue weighted by Gasteiger charge is 2.20. The summed E-state index contributed by atoms with van der Waals surface area (Å²) in [6, 6.07) is 5.70. The topological polar surface area (TPSA) is 25.2 Å². The molecule has 2 rings (SSSR count). The lowest BCUT2D eigenvalue weighted by molar-refractivity contribution is 0.200. The fourth-order valence-electron chi connectivity index (χ4n) is 2.29. The first-order chi connectivity index (χ1) is 8.57. The lowest BCUT2D eigenvalue weighted by Gasteiger charge is -2.07. The van der Waals surface area contributed by atoms with Crippen LogP contribution in [0.15, 0.2) is 18.2 Å². The molecule has 0 aliphatic heterocycles. The van der Waals surface area contributed by atoms with Crippen molar-refractivity contribution in [1.29, 1.82) is 0 Å². The molecule has 0 bridgehead atoms. The Bertz CT molecular complexity index is 560. The van der Waals surface area contributed by atoms with E-state index in [0.29, 0.717) is 10.2 Å². The van der Waals surface area contributed by atoms with Gasteiger partial charge in [0.15, 0.2) is 0 Å². The van der Waals surface area contributed by atoms with Gasteiger partial charge in [0.2, 0.25) is 0 Å². The molecule has 18 heavy (non-hydrogen) atoms. The zero-order valence-corrected chi connectivity index (χ0v) is 12.1. The molecule has 0 aliphatic rings. The van der Waals surface area contributed by atoms with Crippen molar-refractivity contribution in [2.24, 2.45) is 0 Å². The number of nitrogens with zero attached hydrogens (tertiary/aromatic N) is 1. The van der Waals surface area contributed by atoms with Crippen molar-refractivity contribution in [3.63, 3.8) is 0 Å². The molecule has 0 aliphatic carbocycles. The van der Waals surface area contributed by atoms with Gasteiger partial charge in [-0.15, -0.1) is 0 Å². The molecule has 2 nitrogen and oxygen atoms in total. The quantitative estimate of drug-likeness (QED) is 0.858. The number of halogens is 2. The van der Waals surface area contributed by atoms with Gasteiger partial charge in [-0.1, -0.05) is 48.7 Å². The van der Waals surface area contributed by atoms with Crippen LogP contribution in [0.4, 0.5) is 0 Å². The normalized spacial score (nSPS) is 13.2. The van der Waals surface area contributed by atoms with Crippen molar-refractivity contribution in [2.45, 2.75) is 39.3 Å². The summed E-state index contributed by atoms with van der Waals surface area (Å²) < 4.78 is 2.00. The number of aliphatic hydroxyl groups excluding tert-OH is 1. The van der Waals surface area contributed by atoms with Crippen LogP contribution in [0.2, 0.25) is 10.2 Å². The van der Waals surface area contributed by atoms with Crippen LogP contribution in [0.5, 0.6) is 0 Å². The minimum atomic E-state index is -0.596. The number of hydrogen-bond donors (Lipinski definition) is 1. The van der Waals surface area contributed by atoms with Crippen molar-refractivity contribution in [2.75, 3.05) is 0 Å². The molecular formula is C14H17Cl2NO. The number of hydrogen-bond acceptors (Lipinski definition) is 1. The molecule has 0 fully saturated rings. The maximum Gasteiger partial charge on any atom is 0.115 e. The van der Waals surface area contributed by atoms with Crippen LogP contribution in [0.3, 0.4) is 0 Å². The Morgan fingerprint density at radius 2 is 2.06 bits per heavy atom. The number of para-hydroxylation sites is 1. The Morgan fingerprint density at radius 1 is 1.33 bits per heavy atom. The van der Waals surface area contributed by atoms with Crippen molar-refractivity contribution in [1.82, 2.24) is 4.57 Å². The number of aromatic nitrogens is 1. The van der Waals surface area contributed by atoms with E-state index in [1.54, 1.807) is 6.92 Å². The lowest BCUT2D eigenvalue weighted by Crippen LogP contribution is -1.99. The lowest BCUT2D eigenvalue weighted by atomic mass is 10.1. The summed E-state index contributed by atoms with van der Waals surface area (Å²) in [5.74, 6) is 0. The summed E-state index contributed by atoms with van der Waals surface area (Å²) in [5.41, 5.74) is 1.69. The zero-order chi connectivity index (χ0) is 13.3. The third-order valence-corrected chi connectivity index (χ3v) is 3.87. The third-order valence-electron chi connectivity index (χ3n) is 3.16. The molecule has 4 heteroatoms. The zero-order valence-electron chi connectivity index (χ0n) is 10.6. The predicted molar refractivity (Wildman–Crippen MR) is 77.5 cm³/mol. The number of aryl methyl sites for hydroxylation is 1. The van der Waals surface area contributed by atoms with Gasteiger partial charge >= 0.3 is 0 Å². The molecule has 1 unspecified atom stereocenters. The second-order valence-corrected chi connectivity index (χ2v) is 5.29. The minimum Gasteiger partial charge on any atom is -0.389 e. The smallest absolute Gasteiger partial charge is 0.115 e. The summed E-state index contributed by atoms with van der Waals surface area (Å²) in [6.07, 6.45) is 1.53. The van der Waals surface area contributed by atoms with E-state index in [0.717, 1.165) is 35.9 Å². The fourth-order valence-corrected chi connectivity index (χ4v) is 2.99. The maximum atomic E-state index is 9.89. The van der Waals surface area contributed by atoms with E-state index in [2.05, 4.69) is 6.92 Å². The van der Waals surface area contributed by atoms with Crippen LogP contribution in [-0.2, 0) is 6.54 Å². The highest BCUT2D eigenvalue weighted by Crippen LogP contribution is 2.37. The number of benzene rings is 1. The summed E-state index contributed by atoms with van der Waals surface area (Å²) in [4.78, 5) is 0. The first kappa shape index (κ1) is 13.7. The highest BCUT2D eigenvalue weighted by molar-refractivity contribution is 6.37. The summed E-state index contributed by atoms with van der Waals surface area (Å²) in [7, 11) is 0. The molecule has 0 saturated carbocycles. The van der Waals surface area contributed by atoms with Crippen LogP contribution in [0.25, 0.3) is 10.9 Å². The molecular weight excluding hydrogens is 269 g/mol. The van der Waals surface area contributed by atoms with E-state index >= 15 is 0 Å². The Hall–Kier alpha value is -0.700. The molecule has 2 aromatic rings. The number of fused-ring (bicyclic) bond motifs is 1. The van der Waals surface area contributed by atoms with Gasteiger partial charge < -0.3 is 9.67 Å². The molecule has 1 aromatic heterocycles. The van der Waals surface area contributed by atoms with Gasteiger partial charge in [-0.2, -0.15) is 0 Å². The van der Waals surface area contributed by atoms with Gasteiger partial charge in [0.25, 0.3) is 0 Å². The van der Waals surface area contributed by atoms with Crippen molar-refractivity contribution in [3.05, 3.63) is 33.9 Å². The largest absolute Gasteiger partial charge is 0.389 e. The van der Waals surface area contributed by atoms with E-state index in [-0.39, 0.29) is 0 Å². The average molecular weight is 286 g/mol. The molecule has 0 amide bonds. The van der Waals surface area contributed by atoms with Crippen molar-refractivity contribution in [3.8, 4) is 0 Å². The van der Waals surface area contributed by atoms with E-state index in [9.17, 15) is 5.11 Å². The first-order valence-electron chi connectivity index (χ1n) is 6.22. The van der Waals surface area contributed by atoms with Gasteiger partial charge in [0.05, 0.1) is 16.6 Å². The predicted octanol–water partition coefficient (Wildman–Crippen LogP) is 4.80. The fraction of sp³-hybridized carbons (Fsp3) is 0.429. The van der Waals surface area contributed by atoms with E-state index in [4.69, 9.17) is 23.2 Å². The van der Waals surface area contributed by atoms with Crippen LogP contribution >= 0.6 is 23.2 Å². The third kappa shape index (κ3) is 2.25. The molecule has 1 heterocycles. The molecule has 1 atom stereocenters. The summed E-state index contributed by atoms with van der Waals surface area (Å²) in [6.45, 7) is 4.69. The Balaban J connectivity index is 2.71. The van der Waals surface area contributed by atoms with Gasteiger partial charge in [-0.3, -0.25) is 0 Å². The van der Waals surface area contributed by atoms with E-state index in [1.807, 2.05) is 22.8 Å². The monoisotopic (exact) mass is 285 g/mol. The standard InChI is InChI=1S/C14H17Cl2NO/c1-3-4-8-17-13-10(6-5-7-11(13)15)12(9(2)18)14(17)16/h5-7,9,18H,3-4,8H2,1-2H3. The second kappa shape index (κ2) is 5.52. The molecule has 1 aromatic carbocycles. The van der Waals surface area contributed by atoms with Crippen LogP contribution in [0, 0.1) is 0 Å². The Kier molecular flexibility index (Phi) is 4.21. The van der Waals surface area contributed by atoms with Crippen molar-refractivity contribution < 1.29 is 5.11 Å². The van der Waals surface area contributed by atoms with E-state index in [1.165, 1.54) is 0 Å². The molecule has 1 N–H and O–H groups in total. The minimum absolute atomic E-state index is 0.596. The van der Waals surface area contributed by atoms with Crippen molar-refractivity contribution >= 4 is 34.1 Å². The molecule has 0 radical (unpaired) electrons. The number of aliphatic hydroxyl groups is 1. The van der Waals surface area contributed by atoms with Crippen LogP contribution in [-0.4, -0.2) is 9.67 Å². The van der Waals surface area contributed by atoms with Gasteiger partial charge in [0, 0.05) is 17.5 Å². The average Bonchev–Trinajstić information content (AvgIpc) is 2.60. The SMILES string of the molecule is CCCCn1c(Cl)c(C(C)O)c2cccc(Cl)c21. The first-order valence-corrected chi connectivity index (χ1v) is 6.97. The van der Waals surface area contributed by atoms with E-state index < -0.39 is 6.10 Å². The summed E-state index contributed by atoms with van der Waals surface area (Å²) in [5, 5.41) is 12.1. The number of rotatable bonds is 4. The van der Waals surface area contributed by atoms with Crippen LogP contribution in [0.1, 0.15) is 38.4 Å². The number of unbranched alkanes of at least 4 members (excludes halogenated alkanes) is 1. The second-order valence-electron chi connectivity index (χ2n) is 4.52. The molecule has 0 spiro atoms. The highest BCUT2D eigenvalue weighted by atomic mass is 35.5. The van der Waals surface area contributed by atoms with Crippen LogP contribution < -0.4 is 0 Å².